The molecule has 2 N–H and O–H groups in total. The third-order valence-electron chi connectivity index (χ3n) is 2.34. The van der Waals surface area contributed by atoms with E-state index in [1.165, 1.54) is 11.1 Å². The number of aryl methyl sites for hydroxylation is 1. The van der Waals surface area contributed by atoms with Crippen LogP contribution in [0.25, 0.3) is 0 Å². The van der Waals surface area contributed by atoms with Crippen molar-refractivity contribution in [3.63, 3.8) is 0 Å². The van der Waals surface area contributed by atoms with Gasteiger partial charge in [0.25, 0.3) is 0 Å². The highest BCUT2D eigenvalue weighted by Gasteiger charge is 2.00. The fraction of sp³-hybridized carbons (Fsp3) is 0.273. The van der Waals surface area contributed by atoms with Crippen molar-refractivity contribution >= 4 is 23.0 Å². The second kappa shape index (κ2) is 4.94. The van der Waals surface area contributed by atoms with Gasteiger partial charge in [-0.1, -0.05) is 0 Å². The lowest BCUT2D eigenvalue weighted by Gasteiger charge is -2.06. The molecule has 2 aromatic heterocycles. The highest BCUT2D eigenvalue weighted by atomic mass is 32.1. The summed E-state index contributed by atoms with van der Waals surface area (Å²) in [5.41, 5.74) is 2.63. The van der Waals surface area contributed by atoms with Crippen molar-refractivity contribution < 1.29 is 0 Å². The maximum Gasteiger partial charge on any atom is 0.131 e. The van der Waals surface area contributed by atoms with Gasteiger partial charge in [-0.15, -0.1) is 0 Å². The molecule has 0 atom stereocenters. The van der Waals surface area contributed by atoms with E-state index in [1.54, 1.807) is 17.7 Å². The van der Waals surface area contributed by atoms with E-state index in [4.69, 9.17) is 0 Å². The minimum absolute atomic E-state index is 0.801. The molecule has 0 spiro atoms. The van der Waals surface area contributed by atoms with Gasteiger partial charge in [0.1, 0.15) is 18.0 Å². The molecular weight excluding hydrogens is 220 g/mol. The monoisotopic (exact) mass is 234 g/mol. The molecule has 16 heavy (non-hydrogen) atoms. The minimum atomic E-state index is 0.801. The van der Waals surface area contributed by atoms with Gasteiger partial charge in [-0.2, -0.15) is 11.3 Å². The van der Waals surface area contributed by atoms with Crippen molar-refractivity contribution in [3.8, 4) is 0 Å². The topological polar surface area (TPSA) is 49.8 Å². The Morgan fingerprint density at radius 3 is 2.75 bits per heavy atom. The number of hydrogen-bond donors (Lipinski definition) is 2. The van der Waals surface area contributed by atoms with Crippen LogP contribution in [-0.2, 0) is 6.54 Å². The third-order valence-corrected chi connectivity index (χ3v) is 3.26. The van der Waals surface area contributed by atoms with Crippen LogP contribution in [0.3, 0.4) is 0 Å². The highest BCUT2D eigenvalue weighted by molar-refractivity contribution is 7.08. The lowest BCUT2D eigenvalue weighted by molar-refractivity contribution is 1.08. The van der Waals surface area contributed by atoms with Crippen molar-refractivity contribution in [2.75, 3.05) is 17.7 Å². The Hall–Kier alpha value is -1.62. The van der Waals surface area contributed by atoms with E-state index in [0.717, 1.165) is 18.2 Å². The quantitative estimate of drug-likeness (QED) is 0.853. The molecule has 0 amide bonds. The van der Waals surface area contributed by atoms with Gasteiger partial charge >= 0.3 is 0 Å². The first-order valence-corrected chi connectivity index (χ1v) is 5.99. The van der Waals surface area contributed by atoms with Crippen LogP contribution in [0.1, 0.15) is 11.1 Å². The van der Waals surface area contributed by atoms with Gasteiger partial charge in [0.15, 0.2) is 0 Å². The summed E-state index contributed by atoms with van der Waals surface area (Å²) in [7, 11) is 1.84. The standard InChI is InChI=1S/C11H14N4S/c1-8-5-16-6-9(8)4-13-11-3-10(12-2)14-7-15-11/h3,5-7H,4H2,1-2H3,(H2,12,13,14,15). The van der Waals surface area contributed by atoms with Gasteiger partial charge in [-0.25, -0.2) is 9.97 Å². The second-order valence-electron chi connectivity index (χ2n) is 3.47. The van der Waals surface area contributed by atoms with Gasteiger partial charge in [-0.05, 0) is 28.8 Å². The first-order valence-electron chi connectivity index (χ1n) is 5.05. The molecule has 2 rings (SSSR count). The molecule has 84 valence electrons. The van der Waals surface area contributed by atoms with Crippen LogP contribution in [0, 0.1) is 6.92 Å². The lowest BCUT2D eigenvalue weighted by atomic mass is 10.2. The van der Waals surface area contributed by atoms with Crippen LogP contribution < -0.4 is 10.6 Å². The predicted octanol–water partition coefficient (Wildman–Crippen LogP) is 2.50. The minimum Gasteiger partial charge on any atom is -0.373 e. The molecule has 0 radical (unpaired) electrons. The SMILES string of the molecule is CNc1cc(NCc2cscc2C)ncn1. The zero-order valence-corrected chi connectivity index (χ0v) is 10.1. The fourth-order valence-corrected chi connectivity index (χ4v) is 2.20. The Balaban J connectivity index is 2.02. The largest absolute Gasteiger partial charge is 0.373 e. The molecule has 0 saturated carbocycles. The van der Waals surface area contributed by atoms with E-state index >= 15 is 0 Å². The Labute approximate surface area is 98.8 Å². The molecule has 4 nitrogen and oxygen atoms in total. The third kappa shape index (κ3) is 2.49. The average Bonchev–Trinajstić information content (AvgIpc) is 2.72. The fourth-order valence-electron chi connectivity index (χ4n) is 1.34. The molecule has 0 aliphatic rings. The number of nitrogens with one attached hydrogen (secondary N) is 2. The molecule has 0 fully saturated rings. The molecular formula is C11H14N4S. The Morgan fingerprint density at radius 1 is 1.25 bits per heavy atom. The molecule has 0 unspecified atom stereocenters. The summed E-state index contributed by atoms with van der Waals surface area (Å²) in [6.07, 6.45) is 1.55. The van der Waals surface area contributed by atoms with Crippen LogP contribution in [-0.4, -0.2) is 17.0 Å². The van der Waals surface area contributed by atoms with E-state index in [-0.39, 0.29) is 0 Å². The van der Waals surface area contributed by atoms with E-state index < -0.39 is 0 Å². The van der Waals surface area contributed by atoms with Gasteiger partial charge in [0, 0.05) is 19.7 Å². The van der Waals surface area contributed by atoms with E-state index in [0.29, 0.717) is 0 Å². The number of anilines is 2. The Kier molecular flexibility index (Phi) is 3.36. The summed E-state index contributed by atoms with van der Waals surface area (Å²) in [6, 6.07) is 1.89. The Bertz CT molecular complexity index is 467. The van der Waals surface area contributed by atoms with Crippen molar-refractivity contribution in [2.24, 2.45) is 0 Å². The molecule has 2 heterocycles. The Morgan fingerprint density at radius 2 is 2.06 bits per heavy atom. The first-order chi connectivity index (χ1) is 7.79. The van der Waals surface area contributed by atoms with Crippen LogP contribution in [0.4, 0.5) is 11.6 Å². The number of thiophene rings is 1. The summed E-state index contributed by atoms with van der Waals surface area (Å²) >= 11 is 1.72. The number of nitrogens with zero attached hydrogens (tertiary/aromatic N) is 2. The molecule has 0 bridgehead atoms. The zero-order chi connectivity index (χ0) is 11.4. The van der Waals surface area contributed by atoms with Crippen LogP contribution in [0.2, 0.25) is 0 Å². The molecule has 0 aromatic carbocycles. The second-order valence-corrected chi connectivity index (χ2v) is 4.22. The predicted molar refractivity (Wildman–Crippen MR) is 68.0 cm³/mol. The first kappa shape index (κ1) is 10.9. The number of rotatable bonds is 4. The van der Waals surface area contributed by atoms with Gasteiger partial charge in [0.2, 0.25) is 0 Å². The molecule has 5 heteroatoms. The molecule has 0 aliphatic carbocycles. The van der Waals surface area contributed by atoms with Crippen molar-refractivity contribution in [3.05, 3.63) is 34.3 Å². The molecule has 0 saturated heterocycles. The maximum absolute atomic E-state index is 4.16. The van der Waals surface area contributed by atoms with Gasteiger partial charge in [-0.3, -0.25) is 0 Å². The zero-order valence-electron chi connectivity index (χ0n) is 9.32. The molecule has 2 aromatic rings. The normalized spacial score (nSPS) is 10.1. The van der Waals surface area contributed by atoms with Gasteiger partial charge < -0.3 is 10.6 Å². The van der Waals surface area contributed by atoms with Crippen molar-refractivity contribution in [1.29, 1.82) is 0 Å². The maximum atomic E-state index is 4.16. The van der Waals surface area contributed by atoms with Crippen molar-refractivity contribution in [1.82, 2.24) is 9.97 Å². The van der Waals surface area contributed by atoms with Crippen LogP contribution in [0.15, 0.2) is 23.2 Å². The van der Waals surface area contributed by atoms with Crippen LogP contribution in [0.5, 0.6) is 0 Å². The summed E-state index contributed by atoms with van der Waals surface area (Å²) in [6.45, 7) is 2.92. The average molecular weight is 234 g/mol. The van der Waals surface area contributed by atoms with E-state index in [2.05, 4.69) is 38.3 Å². The van der Waals surface area contributed by atoms with E-state index in [9.17, 15) is 0 Å². The smallest absolute Gasteiger partial charge is 0.131 e. The van der Waals surface area contributed by atoms with Crippen molar-refractivity contribution in [2.45, 2.75) is 13.5 Å². The summed E-state index contributed by atoms with van der Waals surface area (Å²) in [5, 5.41) is 10.6. The molecule has 0 aliphatic heterocycles. The number of aromatic nitrogens is 2. The summed E-state index contributed by atoms with van der Waals surface area (Å²) in [4.78, 5) is 8.22. The lowest BCUT2D eigenvalue weighted by Crippen LogP contribution is -2.03. The number of hydrogen-bond acceptors (Lipinski definition) is 5. The highest BCUT2D eigenvalue weighted by Crippen LogP contribution is 2.15. The summed E-state index contributed by atoms with van der Waals surface area (Å²) < 4.78 is 0. The van der Waals surface area contributed by atoms with E-state index in [1.807, 2.05) is 13.1 Å². The van der Waals surface area contributed by atoms with Crippen LogP contribution >= 0.6 is 11.3 Å². The van der Waals surface area contributed by atoms with Gasteiger partial charge in [0.05, 0.1) is 0 Å². The summed E-state index contributed by atoms with van der Waals surface area (Å²) in [5.74, 6) is 1.66.